The number of benzene rings is 1. The minimum atomic E-state index is 0.240. The van der Waals surface area contributed by atoms with Crippen LogP contribution in [0.1, 0.15) is 45.6 Å². The van der Waals surface area contributed by atoms with Crippen LogP contribution < -0.4 is 5.73 Å². The first kappa shape index (κ1) is 14.9. The summed E-state index contributed by atoms with van der Waals surface area (Å²) in [5.74, 6) is 1.40. The summed E-state index contributed by atoms with van der Waals surface area (Å²) in [5.41, 5.74) is 7.98. The molecule has 1 aliphatic rings. The molecule has 0 heterocycles. The fraction of sp³-hybridized carbons (Fsp3) is 0.647. The zero-order valence-corrected chi connectivity index (χ0v) is 13.1. The minimum absolute atomic E-state index is 0.240. The van der Waals surface area contributed by atoms with Crippen molar-refractivity contribution in [1.29, 1.82) is 0 Å². The van der Waals surface area contributed by atoms with E-state index in [1.807, 2.05) is 12.1 Å². The van der Waals surface area contributed by atoms with Crippen LogP contribution in [0.15, 0.2) is 24.3 Å². The maximum Gasteiger partial charge on any atom is 0.0408 e. The predicted molar refractivity (Wildman–Crippen MR) is 83.4 cm³/mol. The lowest BCUT2D eigenvalue weighted by Gasteiger charge is -2.43. The molecular weight excluding hydrogens is 254 g/mol. The second-order valence-corrected chi connectivity index (χ2v) is 7.42. The molecule has 2 rings (SSSR count). The summed E-state index contributed by atoms with van der Waals surface area (Å²) in [6, 6.07) is 8.58. The maximum atomic E-state index is 6.41. The van der Waals surface area contributed by atoms with Gasteiger partial charge in [-0.05, 0) is 54.2 Å². The lowest BCUT2D eigenvalue weighted by Crippen LogP contribution is -2.44. The molecule has 106 valence electrons. The third-order valence-corrected chi connectivity index (χ3v) is 4.95. The Morgan fingerprint density at radius 3 is 2.68 bits per heavy atom. The third-order valence-electron chi connectivity index (χ3n) is 4.71. The largest absolute Gasteiger partial charge is 0.327 e. The van der Waals surface area contributed by atoms with Crippen molar-refractivity contribution in [2.45, 2.75) is 52.5 Å². The Labute approximate surface area is 122 Å². The Hall–Kier alpha value is -0.530. The normalized spacial score (nSPS) is 28.4. The molecule has 0 saturated heterocycles. The van der Waals surface area contributed by atoms with Crippen molar-refractivity contribution in [3.8, 4) is 0 Å². The second kappa shape index (κ2) is 5.85. The van der Waals surface area contributed by atoms with Crippen LogP contribution in [0.5, 0.6) is 0 Å². The van der Waals surface area contributed by atoms with Crippen LogP contribution in [0.2, 0.25) is 5.02 Å². The van der Waals surface area contributed by atoms with Crippen molar-refractivity contribution >= 4 is 11.6 Å². The standard InChI is InChI=1S/C17H26ClN/c1-12-7-8-15(16(19)9-12)17(2,3)11-13-5-4-6-14(18)10-13/h4-6,10,12,15-16H,7-9,11,19H2,1-3H3. The SMILES string of the molecule is CC1CCC(C(C)(C)Cc2cccc(Cl)c2)C(N)C1. The van der Waals surface area contributed by atoms with Gasteiger partial charge in [-0.2, -0.15) is 0 Å². The zero-order valence-electron chi connectivity index (χ0n) is 12.3. The van der Waals surface area contributed by atoms with E-state index in [4.69, 9.17) is 17.3 Å². The summed E-state index contributed by atoms with van der Waals surface area (Å²) >= 11 is 6.08. The topological polar surface area (TPSA) is 26.0 Å². The summed E-state index contributed by atoms with van der Waals surface area (Å²) < 4.78 is 0. The molecule has 0 aliphatic heterocycles. The first-order chi connectivity index (χ1) is 8.88. The number of hydrogen-bond donors (Lipinski definition) is 1. The summed E-state index contributed by atoms with van der Waals surface area (Å²) in [6.45, 7) is 7.03. The van der Waals surface area contributed by atoms with Crippen molar-refractivity contribution in [3.05, 3.63) is 34.9 Å². The van der Waals surface area contributed by atoms with Gasteiger partial charge in [0.1, 0.15) is 0 Å². The Bertz CT molecular complexity index is 427. The van der Waals surface area contributed by atoms with Crippen LogP contribution in [-0.2, 0) is 6.42 Å². The quantitative estimate of drug-likeness (QED) is 0.855. The molecule has 3 atom stereocenters. The van der Waals surface area contributed by atoms with Gasteiger partial charge < -0.3 is 5.73 Å². The molecule has 1 nitrogen and oxygen atoms in total. The molecule has 1 aromatic carbocycles. The van der Waals surface area contributed by atoms with Crippen LogP contribution in [0, 0.1) is 17.3 Å². The fourth-order valence-corrected chi connectivity index (χ4v) is 3.91. The number of rotatable bonds is 3. The molecule has 1 fully saturated rings. The van der Waals surface area contributed by atoms with E-state index in [2.05, 4.69) is 32.9 Å². The molecule has 2 heteroatoms. The number of halogens is 1. The Morgan fingerprint density at radius 1 is 1.32 bits per heavy atom. The van der Waals surface area contributed by atoms with Crippen LogP contribution in [0.3, 0.4) is 0 Å². The van der Waals surface area contributed by atoms with E-state index in [1.54, 1.807) is 0 Å². The summed E-state index contributed by atoms with van der Waals surface area (Å²) in [6.07, 6.45) is 4.80. The smallest absolute Gasteiger partial charge is 0.0408 e. The molecule has 0 radical (unpaired) electrons. The van der Waals surface area contributed by atoms with Gasteiger partial charge in [-0.25, -0.2) is 0 Å². The highest BCUT2D eigenvalue weighted by Gasteiger charge is 2.37. The Balaban J connectivity index is 2.09. The lowest BCUT2D eigenvalue weighted by atomic mass is 9.64. The number of nitrogens with two attached hydrogens (primary N) is 1. The fourth-order valence-electron chi connectivity index (χ4n) is 3.70. The van der Waals surface area contributed by atoms with Crippen molar-refractivity contribution in [2.75, 3.05) is 0 Å². The average molecular weight is 280 g/mol. The highest BCUT2D eigenvalue weighted by Crippen LogP contribution is 2.41. The molecule has 1 saturated carbocycles. The number of hydrogen-bond acceptors (Lipinski definition) is 1. The molecule has 19 heavy (non-hydrogen) atoms. The third kappa shape index (κ3) is 3.73. The highest BCUT2D eigenvalue weighted by atomic mass is 35.5. The van der Waals surface area contributed by atoms with Gasteiger partial charge in [0.25, 0.3) is 0 Å². The van der Waals surface area contributed by atoms with Gasteiger partial charge in [-0.15, -0.1) is 0 Å². The molecule has 0 spiro atoms. The van der Waals surface area contributed by atoms with E-state index in [9.17, 15) is 0 Å². The van der Waals surface area contributed by atoms with E-state index in [-0.39, 0.29) is 5.41 Å². The Kier molecular flexibility index (Phi) is 4.58. The van der Waals surface area contributed by atoms with E-state index < -0.39 is 0 Å². The maximum absolute atomic E-state index is 6.41. The van der Waals surface area contributed by atoms with E-state index in [1.165, 1.54) is 24.8 Å². The molecule has 0 aromatic heterocycles. The molecule has 0 bridgehead atoms. The minimum Gasteiger partial charge on any atom is -0.327 e. The zero-order chi connectivity index (χ0) is 14.0. The van der Waals surface area contributed by atoms with Gasteiger partial charge in [0, 0.05) is 11.1 Å². The Morgan fingerprint density at radius 2 is 2.05 bits per heavy atom. The van der Waals surface area contributed by atoms with Crippen LogP contribution >= 0.6 is 11.6 Å². The summed E-state index contributed by atoms with van der Waals surface area (Å²) in [4.78, 5) is 0. The molecule has 0 amide bonds. The second-order valence-electron chi connectivity index (χ2n) is 6.98. The van der Waals surface area contributed by atoms with Gasteiger partial charge in [0.15, 0.2) is 0 Å². The van der Waals surface area contributed by atoms with E-state index in [0.717, 1.165) is 17.4 Å². The summed E-state index contributed by atoms with van der Waals surface area (Å²) in [5, 5.41) is 0.829. The van der Waals surface area contributed by atoms with Crippen molar-refractivity contribution in [2.24, 2.45) is 23.0 Å². The summed E-state index contributed by atoms with van der Waals surface area (Å²) in [7, 11) is 0. The monoisotopic (exact) mass is 279 g/mol. The molecule has 2 N–H and O–H groups in total. The van der Waals surface area contributed by atoms with Crippen LogP contribution in [-0.4, -0.2) is 6.04 Å². The molecule has 1 aromatic rings. The molecule has 1 aliphatic carbocycles. The molecular formula is C17H26ClN. The van der Waals surface area contributed by atoms with Gasteiger partial charge >= 0.3 is 0 Å². The van der Waals surface area contributed by atoms with Gasteiger partial charge in [-0.1, -0.05) is 50.9 Å². The van der Waals surface area contributed by atoms with Crippen molar-refractivity contribution in [3.63, 3.8) is 0 Å². The average Bonchev–Trinajstić information content (AvgIpc) is 2.27. The first-order valence-corrected chi connectivity index (χ1v) is 7.76. The predicted octanol–water partition coefficient (Wildman–Crippen LogP) is 4.67. The van der Waals surface area contributed by atoms with Gasteiger partial charge in [0.2, 0.25) is 0 Å². The highest BCUT2D eigenvalue weighted by molar-refractivity contribution is 6.30. The first-order valence-electron chi connectivity index (χ1n) is 7.38. The van der Waals surface area contributed by atoms with E-state index in [0.29, 0.717) is 12.0 Å². The van der Waals surface area contributed by atoms with Crippen molar-refractivity contribution < 1.29 is 0 Å². The lowest BCUT2D eigenvalue weighted by molar-refractivity contribution is 0.113. The van der Waals surface area contributed by atoms with Gasteiger partial charge in [-0.3, -0.25) is 0 Å². The van der Waals surface area contributed by atoms with Gasteiger partial charge in [0.05, 0.1) is 0 Å². The van der Waals surface area contributed by atoms with Crippen molar-refractivity contribution in [1.82, 2.24) is 0 Å². The van der Waals surface area contributed by atoms with E-state index >= 15 is 0 Å². The van der Waals surface area contributed by atoms with Crippen LogP contribution in [0.25, 0.3) is 0 Å². The molecule has 3 unspecified atom stereocenters. The van der Waals surface area contributed by atoms with Crippen LogP contribution in [0.4, 0.5) is 0 Å².